The summed E-state index contributed by atoms with van der Waals surface area (Å²) in [5, 5.41) is 0. The molecule has 0 spiro atoms. The van der Waals surface area contributed by atoms with E-state index >= 15 is 0 Å². The SMILES string of the molecule is CC(=O)N1c2ccc(C3CCN(C(=O)OC(C)(C)C)CC3)cc2CC(C)[C@@H]1C1CC1. The van der Waals surface area contributed by atoms with Crippen LogP contribution in [0.3, 0.4) is 0 Å². The van der Waals surface area contributed by atoms with E-state index in [9.17, 15) is 9.59 Å². The Kier molecular flexibility index (Phi) is 5.58. The Hall–Kier alpha value is -2.04. The van der Waals surface area contributed by atoms with Crippen LogP contribution in [0.15, 0.2) is 18.2 Å². The molecular formula is C25H36N2O3. The molecule has 4 rings (SSSR count). The van der Waals surface area contributed by atoms with Gasteiger partial charge < -0.3 is 14.5 Å². The summed E-state index contributed by atoms with van der Waals surface area (Å²) in [5.41, 5.74) is 3.32. The summed E-state index contributed by atoms with van der Waals surface area (Å²) in [7, 11) is 0. The van der Waals surface area contributed by atoms with Crippen molar-refractivity contribution in [3.63, 3.8) is 0 Å². The summed E-state index contributed by atoms with van der Waals surface area (Å²) in [5.74, 6) is 1.79. The number of hydrogen-bond acceptors (Lipinski definition) is 3. The van der Waals surface area contributed by atoms with Gasteiger partial charge in [0, 0.05) is 31.7 Å². The maximum Gasteiger partial charge on any atom is 0.410 e. The third kappa shape index (κ3) is 4.35. The molecule has 3 aliphatic rings. The van der Waals surface area contributed by atoms with Crippen LogP contribution in [0.25, 0.3) is 0 Å². The lowest BCUT2D eigenvalue weighted by atomic mass is 9.81. The van der Waals surface area contributed by atoms with Gasteiger partial charge in [-0.2, -0.15) is 0 Å². The first-order valence-corrected chi connectivity index (χ1v) is 11.5. The summed E-state index contributed by atoms with van der Waals surface area (Å²) < 4.78 is 5.52. The van der Waals surface area contributed by atoms with Crippen molar-refractivity contribution in [3.8, 4) is 0 Å². The molecule has 2 aliphatic heterocycles. The highest BCUT2D eigenvalue weighted by Gasteiger charge is 2.43. The van der Waals surface area contributed by atoms with Gasteiger partial charge in [-0.25, -0.2) is 4.79 Å². The van der Waals surface area contributed by atoms with Crippen LogP contribution in [0.5, 0.6) is 0 Å². The standard InChI is InChI=1S/C25H36N2O3/c1-16-14-21-15-20(8-9-22(21)27(17(2)28)23(16)19-6-7-19)18-10-12-26(13-11-18)24(29)30-25(3,4)5/h8-9,15-16,18-19,23H,6-7,10-14H2,1-5H3/t16?,23-/m1/s1. The topological polar surface area (TPSA) is 49.9 Å². The molecule has 1 aromatic carbocycles. The third-order valence-electron chi connectivity index (χ3n) is 6.85. The second kappa shape index (κ2) is 7.90. The zero-order valence-corrected chi connectivity index (χ0v) is 19.1. The lowest BCUT2D eigenvalue weighted by Gasteiger charge is -2.42. The Morgan fingerprint density at radius 3 is 2.30 bits per heavy atom. The van der Waals surface area contributed by atoms with Gasteiger partial charge in [-0.15, -0.1) is 0 Å². The molecule has 2 heterocycles. The summed E-state index contributed by atoms with van der Waals surface area (Å²) >= 11 is 0. The molecule has 164 valence electrons. The van der Waals surface area contributed by atoms with E-state index in [0.29, 0.717) is 23.8 Å². The number of amides is 2. The number of hydrogen-bond donors (Lipinski definition) is 0. The fourth-order valence-corrected chi connectivity index (χ4v) is 5.36. The molecule has 2 atom stereocenters. The Balaban J connectivity index is 1.47. The van der Waals surface area contributed by atoms with E-state index < -0.39 is 5.60 Å². The molecule has 1 unspecified atom stereocenters. The lowest BCUT2D eigenvalue weighted by Crippen LogP contribution is -2.48. The van der Waals surface area contributed by atoms with Gasteiger partial charge >= 0.3 is 6.09 Å². The number of carbonyl (C=O) groups is 2. The molecule has 0 N–H and O–H groups in total. The van der Waals surface area contributed by atoms with Gasteiger partial charge in [0.15, 0.2) is 0 Å². The highest BCUT2D eigenvalue weighted by atomic mass is 16.6. The first-order chi connectivity index (χ1) is 14.1. The minimum Gasteiger partial charge on any atom is -0.444 e. The predicted molar refractivity (Wildman–Crippen MR) is 119 cm³/mol. The average Bonchev–Trinajstić information content (AvgIpc) is 3.50. The highest BCUT2D eigenvalue weighted by Crippen LogP contribution is 2.46. The minimum absolute atomic E-state index is 0.165. The van der Waals surface area contributed by atoms with E-state index in [4.69, 9.17) is 4.74 Å². The van der Waals surface area contributed by atoms with Gasteiger partial charge in [0.05, 0.1) is 0 Å². The monoisotopic (exact) mass is 412 g/mol. The molecule has 1 aromatic rings. The molecular weight excluding hydrogens is 376 g/mol. The summed E-state index contributed by atoms with van der Waals surface area (Å²) in [6.45, 7) is 11.2. The van der Waals surface area contributed by atoms with Gasteiger partial charge in [-0.3, -0.25) is 4.79 Å². The Morgan fingerprint density at radius 2 is 1.73 bits per heavy atom. The maximum atomic E-state index is 12.5. The number of rotatable bonds is 2. The molecule has 1 aliphatic carbocycles. The zero-order chi connectivity index (χ0) is 21.6. The van der Waals surface area contributed by atoms with Crippen molar-refractivity contribution in [1.82, 2.24) is 4.90 Å². The van der Waals surface area contributed by atoms with Crippen LogP contribution in [0, 0.1) is 11.8 Å². The molecule has 0 aromatic heterocycles. The number of nitrogens with zero attached hydrogens (tertiary/aromatic N) is 2. The Labute approximate surface area is 180 Å². The molecule has 1 saturated heterocycles. The number of piperidine rings is 1. The van der Waals surface area contributed by atoms with Crippen LogP contribution in [0.1, 0.15) is 77.3 Å². The molecule has 5 heteroatoms. The third-order valence-corrected chi connectivity index (χ3v) is 6.85. The van der Waals surface area contributed by atoms with Crippen LogP contribution in [0.2, 0.25) is 0 Å². The van der Waals surface area contributed by atoms with Crippen molar-refractivity contribution in [2.24, 2.45) is 11.8 Å². The van der Waals surface area contributed by atoms with E-state index in [2.05, 4.69) is 30.0 Å². The van der Waals surface area contributed by atoms with Gasteiger partial charge in [0.2, 0.25) is 5.91 Å². The van der Waals surface area contributed by atoms with E-state index in [1.54, 1.807) is 6.92 Å². The van der Waals surface area contributed by atoms with Crippen molar-refractivity contribution in [3.05, 3.63) is 29.3 Å². The minimum atomic E-state index is -0.454. The van der Waals surface area contributed by atoms with Crippen molar-refractivity contribution < 1.29 is 14.3 Å². The normalized spacial score (nSPS) is 25.1. The number of benzene rings is 1. The number of anilines is 1. The first kappa shape index (κ1) is 21.2. The molecule has 30 heavy (non-hydrogen) atoms. The predicted octanol–water partition coefficient (Wildman–Crippen LogP) is 5.12. The van der Waals surface area contributed by atoms with E-state index in [-0.39, 0.29) is 12.0 Å². The van der Waals surface area contributed by atoms with Crippen molar-refractivity contribution in [1.29, 1.82) is 0 Å². The number of fused-ring (bicyclic) bond motifs is 1. The lowest BCUT2D eigenvalue weighted by molar-refractivity contribution is -0.117. The van der Waals surface area contributed by atoms with E-state index in [0.717, 1.165) is 38.0 Å². The summed E-state index contributed by atoms with van der Waals surface area (Å²) in [6, 6.07) is 7.08. The second-order valence-corrected chi connectivity index (χ2v) is 10.5. The maximum absolute atomic E-state index is 12.5. The second-order valence-electron chi connectivity index (χ2n) is 10.5. The Bertz CT molecular complexity index is 816. The van der Waals surface area contributed by atoms with Gasteiger partial charge in [-0.05, 0) is 87.8 Å². The summed E-state index contributed by atoms with van der Waals surface area (Å²) in [4.78, 5) is 28.8. The molecule has 2 fully saturated rings. The molecule has 2 amide bonds. The van der Waals surface area contributed by atoms with Crippen LogP contribution in [0.4, 0.5) is 10.5 Å². The van der Waals surface area contributed by atoms with Crippen LogP contribution in [-0.2, 0) is 16.0 Å². The number of carbonyl (C=O) groups excluding carboxylic acids is 2. The molecule has 0 radical (unpaired) electrons. The molecule has 5 nitrogen and oxygen atoms in total. The fraction of sp³-hybridized carbons (Fsp3) is 0.680. The average molecular weight is 413 g/mol. The smallest absolute Gasteiger partial charge is 0.410 e. The largest absolute Gasteiger partial charge is 0.444 e. The van der Waals surface area contributed by atoms with Gasteiger partial charge in [-0.1, -0.05) is 19.1 Å². The van der Waals surface area contributed by atoms with Gasteiger partial charge in [0.25, 0.3) is 0 Å². The molecule has 0 bridgehead atoms. The first-order valence-electron chi connectivity index (χ1n) is 11.5. The fourth-order valence-electron chi connectivity index (χ4n) is 5.36. The van der Waals surface area contributed by atoms with E-state index in [1.807, 2.05) is 25.7 Å². The van der Waals surface area contributed by atoms with Crippen LogP contribution < -0.4 is 4.90 Å². The Morgan fingerprint density at radius 1 is 1.07 bits per heavy atom. The number of likely N-dealkylation sites (tertiary alicyclic amines) is 1. The number of ether oxygens (including phenoxy) is 1. The van der Waals surface area contributed by atoms with Crippen LogP contribution in [-0.4, -0.2) is 41.6 Å². The quantitative estimate of drug-likeness (QED) is 0.677. The van der Waals surface area contributed by atoms with Gasteiger partial charge in [0.1, 0.15) is 5.60 Å². The highest BCUT2D eigenvalue weighted by molar-refractivity contribution is 5.93. The van der Waals surface area contributed by atoms with Crippen LogP contribution >= 0.6 is 0 Å². The van der Waals surface area contributed by atoms with Crippen molar-refractivity contribution >= 4 is 17.7 Å². The zero-order valence-electron chi connectivity index (χ0n) is 19.1. The van der Waals surface area contributed by atoms with Crippen molar-refractivity contribution in [2.75, 3.05) is 18.0 Å². The van der Waals surface area contributed by atoms with Crippen molar-refractivity contribution in [2.45, 2.75) is 84.3 Å². The van der Waals surface area contributed by atoms with E-state index in [1.165, 1.54) is 24.0 Å². The molecule has 1 saturated carbocycles. The summed E-state index contributed by atoms with van der Waals surface area (Å²) in [6.07, 6.45) is 5.25.